The zero-order valence-corrected chi connectivity index (χ0v) is 17.7. The molecule has 2 aliphatic rings. The summed E-state index contributed by atoms with van der Waals surface area (Å²) in [5, 5.41) is 6.23. The van der Waals surface area contributed by atoms with Gasteiger partial charge in [-0.25, -0.2) is 0 Å². The Morgan fingerprint density at radius 3 is 2.72 bits per heavy atom. The number of rotatable bonds is 7. The van der Waals surface area contributed by atoms with E-state index in [-0.39, 0.29) is 17.9 Å². The lowest BCUT2D eigenvalue weighted by Crippen LogP contribution is -2.32. The number of nitrogens with one attached hydrogen (secondary N) is 2. The van der Waals surface area contributed by atoms with Crippen LogP contribution >= 0.6 is 11.6 Å². The fraction of sp³-hybridized carbons (Fsp3) is 0.455. The third-order valence-electron chi connectivity index (χ3n) is 5.32. The molecule has 156 valence electrons. The van der Waals surface area contributed by atoms with Crippen molar-refractivity contribution in [1.82, 2.24) is 10.2 Å². The van der Waals surface area contributed by atoms with E-state index in [2.05, 4.69) is 21.6 Å². The highest BCUT2D eigenvalue weighted by Crippen LogP contribution is 2.22. The van der Waals surface area contributed by atoms with Crippen molar-refractivity contribution in [3.63, 3.8) is 0 Å². The van der Waals surface area contributed by atoms with Gasteiger partial charge in [0.15, 0.2) is 0 Å². The summed E-state index contributed by atoms with van der Waals surface area (Å²) in [6.45, 7) is 4.64. The molecule has 1 saturated heterocycles. The Morgan fingerprint density at radius 2 is 2.03 bits per heavy atom. The van der Waals surface area contributed by atoms with Gasteiger partial charge in [0.25, 0.3) is 5.91 Å². The molecular formula is C22H28ClN3O3. The highest BCUT2D eigenvalue weighted by atomic mass is 35.5. The summed E-state index contributed by atoms with van der Waals surface area (Å²) < 4.78 is 5.40. The Kier molecular flexibility index (Phi) is 7.47. The van der Waals surface area contributed by atoms with E-state index in [1.165, 1.54) is 0 Å². The normalized spacial score (nSPS) is 19.5. The molecule has 7 heteroatoms. The lowest BCUT2D eigenvalue weighted by atomic mass is 9.97. The van der Waals surface area contributed by atoms with Crippen LogP contribution in [-0.2, 0) is 9.53 Å². The summed E-state index contributed by atoms with van der Waals surface area (Å²) in [6.07, 6.45) is 7.24. The van der Waals surface area contributed by atoms with Crippen molar-refractivity contribution in [2.75, 3.05) is 38.6 Å². The first-order chi connectivity index (χ1) is 14.0. The fourth-order valence-corrected chi connectivity index (χ4v) is 3.89. The van der Waals surface area contributed by atoms with Gasteiger partial charge in [-0.15, -0.1) is 0 Å². The molecule has 29 heavy (non-hydrogen) atoms. The van der Waals surface area contributed by atoms with Crippen LogP contribution in [0.5, 0.6) is 0 Å². The number of halogens is 1. The molecule has 0 radical (unpaired) electrons. The van der Waals surface area contributed by atoms with E-state index in [1.54, 1.807) is 25.3 Å². The van der Waals surface area contributed by atoms with Gasteiger partial charge in [-0.2, -0.15) is 0 Å². The second-order valence-corrected chi connectivity index (χ2v) is 7.97. The Morgan fingerprint density at radius 1 is 1.28 bits per heavy atom. The van der Waals surface area contributed by atoms with E-state index in [0.29, 0.717) is 29.4 Å². The van der Waals surface area contributed by atoms with Crippen molar-refractivity contribution in [3.8, 4) is 0 Å². The number of carbonyl (C=O) groups is 2. The minimum absolute atomic E-state index is 0.0970. The lowest BCUT2D eigenvalue weighted by Gasteiger charge is -2.20. The minimum atomic E-state index is -0.273. The molecule has 1 aliphatic carbocycles. The number of amides is 2. The maximum absolute atomic E-state index is 12.8. The van der Waals surface area contributed by atoms with Crippen LogP contribution in [0.1, 0.15) is 36.5 Å². The van der Waals surface area contributed by atoms with Crippen LogP contribution in [0.3, 0.4) is 0 Å². The van der Waals surface area contributed by atoms with Gasteiger partial charge in [0, 0.05) is 18.7 Å². The number of carbonyl (C=O) groups excluding carboxylic acids is 2. The summed E-state index contributed by atoms with van der Waals surface area (Å²) >= 11 is 6.10. The zero-order valence-electron chi connectivity index (χ0n) is 17.0. The summed E-state index contributed by atoms with van der Waals surface area (Å²) in [4.78, 5) is 27.3. The largest absolute Gasteiger partial charge is 0.377 e. The predicted octanol–water partition coefficient (Wildman–Crippen LogP) is 3.40. The van der Waals surface area contributed by atoms with E-state index in [4.69, 9.17) is 16.3 Å². The molecule has 0 spiro atoms. The second kappa shape index (κ2) is 10.1. The van der Waals surface area contributed by atoms with Gasteiger partial charge in [0.2, 0.25) is 5.91 Å². The molecule has 0 aromatic heterocycles. The average molecular weight is 418 g/mol. The SMILES string of the molecule is COC1CC=C(CNC(=O)c2cc(Cl)ccc2NC(=O)CN2CCCC2)C=C1C. The lowest BCUT2D eigenvalue weighted by molar-refractivity contribution is -0.117. The summed E-state index contributed by atoms with van der Waals surface area (Å²) in [6, 6.07) is 4.93. The maximum atomic E-state index is 12.8. The van der Waals surface area contributed by atoms with Crippen LogP contribution in [0, 0.1) is 0 Å². The van der Waals surface area contributed by atoms with E-state index >= 15 is 0 Å². The number of likely N-dealkylation sites (tertiary alicyclic amines) is 1. The average Bonchev–Trinajstić information content (AvgIpc) is 3.20. The summed E-state index contributed by atoms with van der Waals surface area (Å²) in [5.74, 6) is -0.396. The highest BCUT2D eigenvalue weighted by Gasteiger charge is 2.19. The van der Waals surface area contributed by atoms with Gasteiger partial charge in [-0.05, 0) is 68.6 Å². The predicted molar refractivity (Wildman–Crippen MR) is 115 cm³/mol. The molecule has 0 bridgehead atoms. The fourth-order valence-electron chi connectivity index (χ4n) is 3.72. The van der Waals surface area contributed by atoms with Crippen molar-refractivity contribution in [2.45, 2.75) is 32.3 Å². The molecule has 1 atom stereocenters. The van der Waals surface area contributed by atoms with E-state index in [0.717, 1.165) is 43.5 Å². The zero-order chi connectivity index (χ0) is 20.8. The van der Waals surface area contributed by atoms with E-state index in [9.17, 15) is 9.59 Å². The molecule has 1 heterocycles. The highest BCUT2D eigenvalue weighted by molar-refractivity contribution is 6.31. The number of methoxy groups -OCH3 is 1. The summed E-state index contributed by atoms with van der Waals surface area (Å²) in [7, 11) is 1.70. The number of benzene rings is 1. The second-order valence-electron chi connectivity index (χ2n) is 7.53. The minimum Gasteiger partial charge on any atom is -0.377 e. The van der Waals surface area contributed by atoms with Crippen LogP contribution in [-0.4, -0.2) is 56.1 Å². The van der Waals surface area contributed by atoms with E-state index in [1.807, 2.05) is 13.0 Å². The van der Waals surface area contributed by atoms with Gasteiger partial charge in [-0.3, -0.25) is 14.5 Å². The Hall–Kier alpha value is -2.15. The third kappa shape index (κ3) is 5.92. The molecule has 0 saturated carbocycles. The smallest absolute Gasteiger partial charge is 0.253 e. The molecule has 3 rings (SSSR count). The number of hydrogen-bond donors (Lipinski definition) is 2. The van der Waals surface area contributed by atoms with Gasteiger partial charge in [-0.1, -0.05) is 23.8 Å². The molecule has 2 amide bonds. The first-order valence-electron chi connectivity index (χ1n) is 9.96. The maximum Gasteiger partial charge on any atom is 0.253 e. The van der Waals surface area contributed by atoms with Crippen molar-refractivity contribution < 1.29 is 14.3 Å². The molecule has 1 unspecified atom stereocenters. The van der Waals surface area contributed by atoms with Gasteiger partial charge in [0.1, 0.15) is 0 Å². The molecule has 2 N–H and O–H groups in total. The number of anilines is 1. The third-order valence-corrected chi connectivity index (χ3v) is 5.55. The van der Waals surface area contributed by atoms with E-state index < -0.39 is 0 Å². The van der Waals surface area contributed by atoms with Crippen LogP contribution in [0.25, 0.3) is 0 Å². The molecule has 6 nitrogen and oxygen atoms in total. The molecule has 1 aromatic rings. The molecular weight excluding hydrogens is 390 g/mol. The number of hydrogen-bond acceptors (Lipinski definition) is 4. The van der Waals surface area contributed by atoms with Gasteiger partial charge in [0.05, 0.1) is 23.9 Å². The summed E-state index contributed by atoms with van der Waals surface area (Å²) in [5.41, 5.74) is 3.00. The topological polar surface area (TPSA) is 70.7 Å². The standard InChI is InChI=1S/C22H28ClN3O3/c1-15-11-16(5-8-20(15)29-2)13-24-22(28)18-12-17(23)6-7-19(18)25-21(27)14-26-9-3-4-10-26/h5-7,11-12,20H,3-4,8-10,13-14H2,1-2H3,(H,24,28)(H,25,27). The molecule has 1 aromatic carbocycles. The van der Waals surface area contributed by atoms with Crippen molar-refractivity contribution in [3.05, 3.63) is 52.1 Å². The quantitative estimate of drug-likeness (QED) is 0.713. The Labute approximate surface area is 176 Å². The van der Waals surface area contributed by atoms with Crippen molar-refractivity contribution >= 4 is 29.1 Å². The van der Waals surface area contributed by atoms with Crippen LogP contribution in [0.4, 0.5) is 5.69 Å². The first kappa shape index (κ1) is 21.6. The van der Waals surface area contributed by atoms with Crippen molar-refractivity contribution in [2.24, 2.45) is 0 Å². The van der Waals surface area contributed by atoms with Crippen LogP contribution in [0.15, 0.2) is 41.5 Å². The number of nitrogens with zero attached hydrogens (tertiary/aromatic N) is 1. The van der Waals surface area contributed by atoms with Crippen LogP contribution < -0.4 is 10.6 Å². The Balaban J connectivity index is 1.63. The monoisotopic (exact) mass is 417 g/mol. The van der Waals surface area contributed by atoms with Crippen molar-refractivity contribution in [1.29, 1.82) is 0 Å². The van der Waals surface area contributed by atoms with Gasteiger partial charge >= 0.3 is 0 Å². The molecule has 1 aliphatic heterocycles. The van der Waals surface area contributed by atoms with Gasteiger partial charge < -0.3 is 15.4 Å². The molecule has 1 fully saturated rings. The van der Waals surface area contributed by atoms with Crippen LogP contribution in [0.2, 0.25) is 5.02 Å². The number of ether oxygens (including phenoxy) is 1. The first-order valence-corrected chi connectivity index (χ1v) is 10.3. The Bertz CT molecular complexity index is 829.